The zero-order chi connectivity index (χ0) is 18.5. The third-order valence-electron chi connectivity index (χ3n) is 3.86. The topological polar surface area (TPSA) is 77.6 Å². The van der Waals surface area contributed by atoms with Crippen molar-refractivity contribution in [2.24, 2.45) is 0 Å². The van der Waals surface area contributed by atoms with E-state index in [1.54, 1.807) is 27.9 Å². The number of rotatable bonds is 6. The fourth-order valence-corrected chi connectivity index (χ4v) is 2.54. The Kier molecular flexibility index (Phi) is 6.93. The molecular weight excluding hydrogens is 372 g/mol. The SMILES string of the molecule is Cc1cc(Br)ccc1NC(=O)C[NH+](C)CC(=O)N(C)C(C)(C)C#N. The summed E-state index contributed by atoms with van der Waals surface area (Å²) in [6.07, 6.45) is 0. The van der Waals surface area contributed by atoms with Gasteiger partial charge in [0.05, 0.1) is 13.1 Å². The van der Waals surface area contributed by atoms with Crippen LogP contribution in [-0.4, -0.2) is 49.4 Å². The Morgan fingerprint density at radius 2 is 2.00 bits per heavy atom. The molecule has 0 fully saturated rings. The Bertz CT molecular complexity index is 667. The van der Waals surface area contributed by atoms with Crippen LogP contribution >= 0.6 is 15.9 Å². The lowest BCUT2D eigenvalue weighted by molar-refractivity contribution is -0.862. The van der Waals surface area contributed by atoms with E-state index in [0.717, 1.165) is 20.6 Å². The van der Waals surface area contributed by atoms with E-state index in [9.17, 15) is 9.59 Å². The van der Waals surface area contributed by atoms with Crippen molar-refractivity contribution in [2.75, 3.05) is 32.5 Å². The van der Waals surface area contributed by atoms with Gasteiger partial charge in [0.1, 0.15) is 5.54 Å². The van der Waals surface area contributed by atoms with Gasteiger partial charge in [-0.25, -0.2) is 0 Å². The summed E-state index contributed by atoms with van der Waals surface area (Å²) in [7, 11) is 3.38. The monoisotopic (exact) mass is 395 g/mol. The van der Waals surface area contributed by atoms with Gasteiger partial charge in [0, 0.05) is 17.2 Å². The predicted molar refractivity (Wildman–Crippen MR) is 96.6 cm³/mol. The molecule has 0 spiro atoms. The van der Waals surface area contributed by atoms with E-state index >= 15 is 0 Å². The van der Waals surface area contributed by atoms with E-state index < -0.39 is 5.54 Å². The average Bonchev–Trinajstić information content (AvgIpc) is 2.48. The molecular formula is C17H24BrN4O2+. The Morgan fingerprint density at radius 3 is 2.54 bits per heavy atom. The number of benzene rings is 1. The highest BCUT2D eigenvalue weighted by Crippen LogP contribution is 2.19. The lowest BCUT2D eigenvalue weighted by Gasteiger charge is -2.29. The van der Waals surface area contributed by atoms with E-state index in [0.29, 0.717) is 0 Å². The minimum Gasteiger partial charge on any atom is -0.323 e. The van der Waals surface area contributed by atoms with Crippen molar-refractivity contribution in [1.29, 1.82) is 5.26 Å². The molecule has 6 nitrogen and oxygen atoms in total. The average molecular weight is 396 g/mol. The highest BCUT2D eigenvalue weighted by atomic mass is 79.9. The minimum absolute atomic E-state index is 0.147. The fraction of sp³-hybridized carbons (Fsp3) is 0.471. The molecule has 1 unspecified atom stereocenters. The van der Waals surface area contributed by atoms with Gasteiger partial charge in [0.15, 0.2) is 13.1 Å². The number of nitriles is 1. The van der Waals surface area contributed by atoms with E-state index in [-0.39, 0.29) is 24.9 Å². The van der Waals surface area contributed by atoms with Crippen molar-refractivity contribution in [3.8, 4) is 6.07 Å². The van der Waals surface area contributed by atoms with Crippen LogP contribution in [0, 0.1) is 18.3 Å². The second-order valence-corrected chi connectivity index (χ2v) is 7.36. The number of likely N-dealkylation sites (N-methyl/N-ethyl adjacent to an activating group) is 2. The number of nitrogens with zero attached hydrogens (tertiary/aromatic N) is 2. The number of carbonyl (C=O) groups is 2. The third kappa shape index (κ3) is 5.62. The molecule has 0 bridgehead atoms. The van der Waals surface area contributed by atoms with Crippen LogP contribution in [0.3, 0.4) is 0 Å². The van der Waals surface area contributed by atoms with Crippen LogP contribution in [0.2, 0.25) is 0 Å². The van der Waals surface area contributed by atoms with Gasteiger partial charge in [0.2, 0.25) is 0 Å². The van der Waals surface area contributed by atoms with Crippen molar-refractivity contribution >= 4 is 33.4 Å². The smallest absolute Gasteiger partial charge is 0.279 e. The molecule has 7 heteroatoms. The zero-order valence-electron chi connectivity index (χ0n) is 14.7. The van der Waals surface area contributed by atoms with Gasteiger partial charge in [-0.05, 0) is 44.5 Å². The predicted octanol–water partition coefficient (Wildman–Crippen LogP) is 0.971. The van der Waals surface area contributed by atoms with Gasteiger partial charge < -0.3 is 15.1 Å². The highest BCUT2D eigenvalue weighted by Gasteiger charge is 2.29. The van der Waals surface area contributed by atoms with Crippen LogP contribution in [0.15, 0.2) is 22.7 Å². The number of hydrogen-bond acceptors (Lipinski definition) is 3. The number of quaternary nitrogens is 1. The van der Waals surface area contributed by atoms with Crippen LogP contribution in [-0.2, 0) is 9.59 Å². The molecule has 2 amide bonds. The Hall–Kier alpha value is -1.91. The van der Waals surface area contributed by atoms with Crippen LogP contribution in [0.4, 0.5) is 5.69 Å². The van der Waals surface area contributed by atoms with Gasteiger partial charge in [-0.3, -0.25) is 9.59 Å². The van der Waals surface area contributed by atoms with Crippen molar-refractivity contribution in [2.45, 2.75) is 26.3 Å². The van der Waals surface area contributed by atoms with Crippen molar-refractivity contribution in [3.63, 3.8) is 0 Å². The fourth-order valence-electron chi connectivity index (χ4n) is 2.06. The van der Waals surface area contributed by atoms with Crippen LogP contribution in [0.1, 0.15) is 19.4 Å². The van der Waals surface area contributed by atoms with E-state index in [4.69, 9.17) is 5.26 Å². The molecule has 0 aromatic heterocycles. The van der Waals surface area contributed by atoms with Gasteiger partial charge in [-0.1, -0.05) is 15.9 Å². The second kappa shape index (κ2) is 8.27. The summed E-state index contributed by atoms with van der Waals surface area (Å²) < 4.78 is 0.953. The minimum atomic E-state index is -0.867. The summed E-state index contributed by atoms with van der Waals surface area (Å²) in [4.78, 5) is 26.5. The number of nitrogens with one attached hydrogen (secondary N) is 2. The molecule has 1 aromatic carbocycles. The van der Waals surface area contributed by atoms with Crippen LogP contribution in [0.25, 0.3) is 0 Å². The van der Waals surface area contributed by atoms with Crippen molar-refractivity contribution in [3.05, 3.63) is 28.2 Å². The molecule has 1 aromatic rings. The Morgan fingerprint density at radius 1 is 1.38 bits per heavy atom. The maximum absolute atomic E-state index is 12.2. The van der Waals surface area contributed by atoms with Gasteiger partial charge >= 0.3 is 0 Å². The van der Waals surface area contributed by atoms with E-state index in [2.05, 4.69) is 27.3 Å². The molecule has 0 saturated carbocycles. The summed E-state index contributed by atoms with van der Waals surface area (Å²) in [6, 6.07) is 7.71. The first kappa shape index (κ1) is 20.1. The lowest BCUT2D eigenvalue weighted by atomic mass is 10.1. The molecule has 24 heavy (non-hydrogen) atoms. The quantitative estimate of drug-likeness (QED) is 0.753. The van der Waals surface area contributed by atoms with E-state index in [1.165, 1.54) is 4.90 Å². The number of amides is 2. The third-order valence-corrected chi connectivity index (χ3v) is 4.36. The molecule has 2 N–H and O–H groups in total. The van der Waals surface area contributed by atoms with Gasteiger partial charge in [-0.15, -0.1) is 0 Å². The summed E-state index contributed by atoms with van der Waals surface area (Å²) in [5.41, 5.74) is 0.848. The lowest BCUT2D eigenvalue weighted by Crippen LogP contribution is -3.11. The number of anilines is 1. The number of carbonyl (C=O) groups excluding carboxylic acids is 2. The molecule has 0 radical (unpaired) electrons. The van der Waals surface area contributed by atoms with Crippen molar-refractivity contribution < 1.29 is 14.5 Å². The van der Waals surface area contributed by atoms with Crippen molar-refractivity contribution in [1.82, 2.24) is 4.90 Å². The maximum atomic E-state index is 12.2. The number of aryl methyl sites for hydroxylation is 1. The number of hydrogen-bond donors (Lipinski definition) is 2. The first-order valence-corrected chi connectivity index (χ1v) is 8.41. The summed E-state index contributed by atoms with van der Waals surface area (Å²) in [6.45, 7) is 5.60. The standard InChI is InChI=1S/C17H23BrN4O2/c1-12-8-13(18)6-7-14(12)20-15(23)9-21(4)10-16(24)22(5)17(2,3)11-19/h6-8H,9-10H2,1-5H3,(H,20,23)/p+1. The normalized spacial score (nSPS) is 12.2. The molecule has 0 saturated heterocycles. The van der Waals surface area contributed by atoms with Gasteiger partial charge in [-0.2, -0.15) is 5.26 Å². The number of halogens is 1. The molecule has 0 aliphatic rings. The summed E-state index contributed by atoms with van der Waals surface area (Å²) in [5.74, 6) is -0.334. The molecule has 0 aliphatic heterocycles. The zero-order valence-corrected chi connectivity index (χ0v) is 16.3. The second-order valence-electron chi connectivity index (χ2n) is 6.44. The molecule has 130 valence electrons. The van der Waals surface area contributed by atoms with E-state index in [1.807, 2.05) is 25.1 Å². The summed E-state index contributed by atoms with van der Waals surface area (Å²) in [5, 5.41) is 11.9. The largest absolute Gasteiger partial charge is 0.323 e. The maximum Gasteiger partial charge on any atom is 0.279 e. The van der Waals surface area contributed by atoms with Gasteiger partial charge in [0.25, 0.3) is 11.8 Å². The van der Waals surface area contributed by atoms with Crippen LogP contribution < -0.4 is 10.2 Å². The first-order chi connectivity index (χ1) is 11.1. The Balaban J connectivity index is 2.58. The van der Waals surface area contributed by atoms with Crippen LogP contribution in [0.5, 0.6) is 0 Å². The summed E-state index contributed by atoms with van der Waals surface area (Å²) >= 11 is 3.38. The highest BCUT2D eigenvalue weighted by molar-refractivity contribution is 9.10. The first-order valence-electron chi connectivity index (χ1n) is 7.62. The molecule has 0 aliphatic carbocycles. The Labute approximate surface area is 151 Å². The molecule has 1 atom stereocenters. The molecule has 1 rings (SSSR count). The molecule has 0 heterocycles.